The van der Waals surface area contributed by atoms with Gasteiger partial charge in [0.05, 0.1) is 10.5 Å². The van der Waals surface area contributed by atoms with Crippen molar-refractivity contribution in [3.05, 3.63) is 68.2 Å². The monoisotopic (exact) mass is 312 g/mol. The van der Waals surface area contributed by atoms with Crippen molar-refractivity contribution in [3.8, 4) is 0 Å². The predicted molar refractivity (Wildman–Crippen MR) is 76.5 cm³/mol. The Hall–Kier alpha value is -2.21. The molecular weight excluding hydrogens is 302 g/mol. The van der Waals surface area contributed by atoms with Gasteiger partial charge in [-0.3, -0.25) is 10.1 Å². The highest BCUT2D eigenvalue weighted by Crippen LogP contribution is 2.26. The maximum atomic E-state index is 13.8. The van der Waals surface area contributed by atoms with Crippen molar-refractivity contribution in [2.24, 2.45) is 0 Å². The molecule has 0 saturated carbocycles. The van der Waals surface area contributed by atoms with Crippen LogP contribution in [0.5, 0.6) is 0 Å². The second-order valence-corrected chi connectivity index (χ2v) is 4.87. The fourth-order valence-corrected chi connectivity index (χ4v) is 2.07. The lowest BCUT2D eigenvalue weighted by molar-refractivity contribution is -0.385. The zero-order chi connectivity index (χ0) is 15.6. The molecule has 0 heterocycles. The largest absolute Gasteiger partial charge is 0.376 e. The number of halogens is 3. The van der Waals surface area contributed by atoms with Gasteiger partial charge in [0.25, 0.3) is 5.69 Å². The molecule has 0 aliphatic carbocycles. The molecule has 2 aromatic carbocycles. The smallest absolute Gasteiger partial charge is 0.274 e. The first-order valence-electron chi connectivity index (χ1n) is 6.01. The second kappa shape index (κ2) is 6.05. The Bertz CT molecular complexity index is 708. The number of anilines is 1. The summed E-state index contributed by atoms with van der Waals surface area (Å²) in [6.07, 6.45) is 0. The fraction of sp³-hybridized carbons (Fsp3) is 0.143. The molecule has 0 aliphatic heterocycles. The molecule has 2 rings (SSSR count). The average Bonchev–Trinajstić information content (AvgIpc) is 2.43. The maximum absolute atomic E-state index is 13.8. The Labute approximate surface area is 124 Å². The molecule has 0 spiro atoms. The molecule has 21 heavy (non-hydrogen) atoms. The molecule has 2 aromatic rings. The van der Waals surface area contributed by atoms with Crippen molar-refractivity contribution in [2.75, 3.05) is 5.32 Å². The van der Waals surface area contributed by atoms with E-state index in [1.54, 1.807) is 0 Å². The third-order valence-electron chi connectivity index (χ3n) is 2.98. The van der Waals surface area contributed by atoms with Gasteiger partial charge in [-0.15, -0.1) is 0 Å². The van der Waals surface area contributed by atoms with Gasteiger partial charge in [-0.2, -0.15) is 0 Å². The number of rotatable bonds is 4. The van der Waals surface area contributed by atoms with Crippen molar-refractivity contribution in [1.29, 1.82) is 0 Å². The Kier molecular flexibility index (Phi) is 4.37. The third kappa shape index (κ3) is 3.28. The molecule has 0 atom stereocenters. The van der Waals surface area contributed by atoms with Gasteiger partial charge >= 0.3 is 0 Å². The number of hydrogen-bond acceptors (Lipinski definition) is 3. The zero-order valence-corrected chi connectivity index (χ0v) is 11.7. The summed E-state index contributed by atoms with van der Waals surface area (Å²) < 4.78 is 27.5. The minimum absolute atomic E-state index is 0.117. The number of aryl methyl sites for hydroxylation is 1. The Morgan fingerprint density at radius 2 is 2.00 bits per heavy atom. The third-order valence-corrected chi connectivity index (χ3v) is 3.21. The van der Waals surface area contributed by atoms with Crippen LogP contribution < -0.4 is 5.32 Å². The predicted octanol–water partition coefficient (Wildman–Crippen LogP) is 4.45. The summed E-state index contributed by atoms with van der Waals surface area (Å²) in [6.45, 7) is 1.38. The first kappa shape index (κ1) is 15.2. The summed E-state index contributed by atoms with van der Waals surface area (Å²) >= 11 is 5.79. The van der Waals surface area contributed by atoms with E-state index < -0.39 is 16.6 Å². The molecule has 7 heteroatoms. The number of nitro groups is 1. The van der Waals surface area contributed by atoms with Gasteiger partial charge in [0.1, 0.15) is 11.5 Å². The van der Waals surface area contributed by atoms with Crippen molar-refractivity contribution in [3.63, 3.8) is 0 Å². The van der Waals surface area contributed by atoms with E-state index in [0.29, 0.717) is 5.02 Å². The molecule has 0 amide bonds. The number of nitro benzene ring substituents is 1. The molecule has 0 radical (unpaired) electrons. The molecule has 110 valence electrons. The summed E-state index contributed by atoms with van der Waals surface area (Å²) in [6, 6.07) is 6.47. The maximum Gasteiger partial charge on any atom is 0.274 e. The average molecular weight is 313 g/mol. The van der Waals surface area contributed by atoms with Crippen LogP contribution in [0.25, 0.3) is 0 Å². The molecular formula is C14H11ClF2N2O2. The Morgan fingerprint density at radius 1 is 1.29 bits per heavy atom. The molecule has 0 fully saturated rings. The van der Waals surface area contributed by atoms with E-state index in [-0.39, 0.29) is 29.0 Å². The molecule has 0 saturated heterocycles. The summed E-state index contributed by atoms with van der Waals surface area (Å²) in [5.74, 6) is -1.48. The minimum Gasteiger partial charge on any atom is -0.376 e. The fourth-order valence-electron chi connectivity index (χ4n) is 1.88. The van der Waals surface area contributed by atoms with E-state index in [1.165, 1.54) is 31.2 Å². The zero-order valence-electron chi connectivity index (χ0n) is 11.0. The normalized spacial score (nSPS) is 10.5. The first-order valence-corrected chi connectivity index (χ1v) is 6.39. The van der Waals surface area contributed by atoms with Crippen molar-refractivity contribution in [1.82, 2.24) is 0 Å². The lowest BCUT2D eigenvalue weighted by Gasteiger charge is -2.11. The lowest BCUT2D eigenvalue weighted by Crippen LogP contribution is -2.07. The van der Waals surface area contributed by atoms with Crippen LogP contribution in [0.1, 0.15) is 11.1 Å². The summed E-state index contributed by atoms with van der Waals surface area (Å²) in [5, 5.41) is 13.8. The second-order valence-electron chi connectivity index (χ2n) is 4.44. The van der Waals surface area contributed by atoms with E-state index in [2.05, 4.69) is 5.32 Å². The van der Waals surface area contributed by atoms with Crippen LogP contribution in [0.2, 0.25) is 5.02 Å². The van der Waals surface area contributed by atoms with Crippen molar-refractivity contribution >= 4 is 23.0 Å². The molecule has 0 bridgehead atoms. The molecule has 0 aromatic heterocycles. The first-order chi connectivity index (χ1) is 9.90. The van der Waals surface area contributed by atoms with Crippen molar-refractivity contribution in [2.45, 2.75) is 13.5 Å². The SMILES string of the molecule is Cc1ccc(F)c(NCc2cc(Cl)ccc2[N+](=O)[O-])c1F. The number of nitrogens with zero attached hydrogens (tertiary/aromatic N) is 1. The van der Waals surface area contributed by atoms with Gasteiger partial charge in [0, 0.05) is 17.6 Å². The van der Waals surface area contributed by atoms with E-state index in [9.17, 15) is 18.9 Å². The molecule has 0 unspecified atom stereocenters. The highest BCUT2D eigenvalue weighted by atomic mass is 35.5. The van der Waals surface area contributed by atoms with Crippen LogP contribution in [-0.2, 0) is 6.54 Å². The van der Waals surface area contributed by atoms with Crippen molar-refractivity contribution < 1.29 is 13.7 Å². The molecule has 1 N–H and O–H groups in total. The van der Waals surface area contributed by atoms with Gasteiger partial charge in [-0.05, 0) is 30.7 Å². The van der Waals surface area contributed by atoms with Gasteiger partial charge < -0.3 is 5.32 Å². The topological polar surface area (TPSA) is 55.2 Å². The standard InChI is InChI=1S/C14H11ClF2N2O2/c1-8-2-4-11(16)14(13(8)17)18-7-9-6-10(15)3-5-12(9)19(20)21/h2-6,18H,7H2,1H3. The van der Waals surface area contributed by atoms with Gasteiger partial charge in [0.15, 0.2) is 5.82 Å². The quantitative estimate of drug-likeness (QED) is 0.670. The van der Waals surface area contributed by atoms with Gasteiger partial charge in [-0.25, -0.2) is 8.78 Å². The summed E-state index contributed by atoms with van der Waals surface area (Å²) in [4.78, 5) is 10.3. The Morgan fingerprint density at radius 3 is 2.67 bits per heavy atom. The van der Waals surface area contributed by atoms with Crippen LogP contribution in [0, 0.1) is 28.7 Å². The number of hydrogen-bond donors (Lipinski definition) is 1. The van der Waals surface area contributed by atoms with Crippen LogP contribution in [0.4, 0.5) is 20.2 Å². The van der Waals surface area contributed by atoms with E-state index in [0.717, 1.165) is 6.07 Å². The van der Waals surface area contributed by atoms with Crippen LogP contribution >= 0.6 is 11.6 Å². The van der Waals surface area contributed by atoms with Crippen LogP contribution in [0.3, 0.4) is 0 Å². The Balaban J connectivity index is 2.31. The number of nitrogens with one attached hydrogen (secondary N) is 1. The molecule has 0 aliphatic rings. The van der Waals surface area contributed by atoms with E-state index >= 15 is 0 Å². The van der Waals surface area contributed by atoms with Crippen LogP contribution in [-0.4, -0.2) is 4.92 Å². The molecule has 4 nitrogen and oxygen atoms in total. The summed E-state index contributed by atoms with van der Waals surface area (Å²) in [7, 11) is 0. The highest BCUT2D eigenvalue weighted by Gasteiger charge is 2.16. The highest BCUT2D eigenvalue weighted by molar-refractivity contribution is 6.30. The van der Waals surface area contributed by atoms with E-state index in [4.69, 9.17) is 11.6 Å². The summed E-state index contributed by atoms with van der Waals surface area (Å²) in [5.41, 5.74) is 0.0388. The van der Waals surface area contributed by atoms with Gasteiger partial charge in [-0.1, -0.05) is 17.7 Å². The number of benzene rings is 2. The van der Waals surface area contributed by atoms with E-state index in [1.807, 2.05) is 0 Å². The lowest BCUT2D eigenvalue weighted by atomic mass is 10.1. The van der Waals surface area contributed by atoms with Gasteiger partial charge in [0.2, 0.25) is 0 Å². The van der Waals surface area contributed by atoms with Crippen LogP contribution in [0.15, 0.2) is 30.3 Å². The minimum atomic E-state index is -0.761.